The van der Waals surface area contributed by atoms with E-state index in [1.54, 1.807) is 13.8 Å². The number of amides is 2. The van der Waals surface area contributed by atoms with Crippen LogP contribution in [0.25, 0.3) is 0 Å². The third-order valence-corrected chi connectivity index (χ3v) is 6.11. The number of ether oxygens (including phenoxy) is 1. The molecule has 22 heavy (non-hydrogen) atoms. The van der Waals surface area contributed by atoms with Crippen LogP contribution >= 0.6 is 0 Å². The van der Waals surface area contributed by atoms with Crippen LogP contribution < -0.4 is 0 Å². The summed E-state index contributed by atoms with van der Waals surface area (Å²) in [4.78, 5) is 37.8. The van der Waals surface area contributed by atoms with Crippen LogP contribution in [0.2, 0.25) is 0 Å². The molecule has 2 amide bonds. The molecule has 5 nitrogen and oxygen atoms in total. The van der Waals surface area contributed by atoms with Crippen LogP contribution in [-0.4, -0.2) is 34.8 Å². The molecule has 3 atom stereocenters. The lowest BCUT2D eigenvalue weighted by Gasteiger charge is -2.53. The van der Waals surface area contributed by atoms with Gasteiger partial charge >= 0.3 is 5.97 Å². The van der Waals surface area contributed by atoms with E-state index < -0.39 is 5.41 Å². The van der Waals surface area contributed by atoms with Crippen molar-refractivity contribution < 1.29 is 19.1 Å². The Morgan fingerprint density at radius 1 is 1.36 bits per heavy atom. The van der Waals surface area contributed by atoms with Crippen LogP contribution in [0, 0.1) is 17.3 Å². The SMILES string of the molecule is CCC(C)(C)C(=O)OCC(=O)N1C(=O)CC12CC1CCC2C1. The molecule has 3 fully saturated rings. The molecular weight excluding hydrogens is 282 g/mol. The fourth-order valence-electron chi connectivity index (χ4n) is 4.40. The van der Waals surface area contributed by atoms with Crippen LogP contribution in [0.15, 0.2) is 0 Å². The number of hydrogen-bond donors (Lipinski definition) is 0. The molecule has 1 spiro atoms. The van der Waals surface area contributed by atoms with Gasteiger partial charge < -0.3 is 4.74 Å². The van der Waals surface area contributed by atoms with Crippen molar-refractivity contribution in [2.75, 3.05) is 6.61 Å². The summed E-state index contributed by atoms with van der Waals surface area (Å²) in [5.74, 6) is 0.294. The molecule has 0 aromatic rings. The minimum Gasteiger partial charge on any atom is -0.455 e. The van der Waals surface area contributed by atoms with Crippen molar-refractivity contribution in [2.24, 2.45) is 17.3 Å². The molecule has 1 heterocycles. The Morgan fingerprint density at radius 3 is 2.59 bits per heavy atom. The molecule has 0 N–H and O–H groups in total. The molecule has 3 unspecified atom stereocenters. The van der Waals surface area contributed by atoms with E-state index in [1.807, 2.05) is 6.92 Å². The summed E-state index contributed by atoms with van der Waals surface area (Å²) in [5.41, 5.74) is -0.840. The first kappa shape index (κ1) is 15.5. The van der Waals surface area contributed by atoms with E-state index in [1.165, 1.54) is 11.3 Å². The van der Waals surface area contributed by atoms with Crippen molar-refractivity contribution in [1.29, 1.82) is 0 Å². The number of nitrogens with zero attached hydrogens (tertiary/aromatic N) is 1. The van der Waals surface area contributed by atoms with Crippen molar-refractivity contribution in [3.63, 3.8) is 0 Å². The van der Waals surface area contributed by atoms with Gasteiger partial charge in [-0.2, -0.15) is 0 Å². The molecule has 0 aromatic heterocycles. The van der Waals surface area contributed by atoms with Crippen molar-refractivity contribution in [3.8, 4) is 0 Å². The number of imide groups is 1. The Hall–Kier alpha value is -1.39. The Labute approximate surface area is 131 Å². The number of fused-ring (bicyclic) bond motifs is 3. The topological polar surface area (TPSA) is 63.7 Å². The molecule has 3 aliphatic rings. The molecular formula is C17H25NO4. The van der Waals surface area contributed by atoms with Gasteiger partial charge in [-0.25, -0.2) is 0 Å². The molecule has 2 bridgehead atoms. The normalized spacial score (nSPS) is 33.2. The zero-order valence-electron chi connectivity index (χ0n) is 13.7. The van der Waals surface area contributed by atoms with Crippen LogP contribution in [0.5, 0.6) is 0 Å². The first-order valence-electron chi connectivity index (χ1n) is 8.33. The predicted octanol–water partition coefficient (Wildman–Crippen LogP) is 2.28. The molecule has 122 valence electrons. The van der Waals surface area contributed by atoms with Crippen LogP contribution in [0.4, 0.5) is 0 Å². The second kappa shape index (κ2) is 5.07. The third kappa shape index (κ3) is 2.17. The summed E-state index contributed by atoms with van der Waals surface area (Å²) in [6.45, 7) is 5.19. The second-order valence-electron chi connectivity index (χ2n) is 7.80. The fourth-order valence-corrected chi connectivity index (χ4v) is 4.40. The monoisotopic (exact) mass is 307 g/mol. The van der Waals surface area contributed by atoms with Gasteiger partial charge in [-0.3, -0.25) is 19.3 Å². The Morgan fingerprint density at radius 2 is 2.09 bits per heavy atom. The summed E-state index contributed by atoms with van der Waals surface area (Å²) < 4.78 is 5.17. The van der Waals surface area contributed by atoms with E-state index in [2.05, 4.69) is 0 Å². The van der Waals surface area contributed by atoms with Gasteiger partial charge in [0.05, 0.1) is 17.4 Å². The number of carbonyl (C=O) groups excluding carboxylic acids is 3. The number of esters is 1. The summed E-state index contributed by atoms with van der Waals surface area (Å²) in [5, 5.41) is 0. The largest absolute Gasteiger partial charge is 0.455 e. The summed E-state index contributed by atoms with van der Waals surface area (Å²) in [7, 11) is 0. The maximum Gasteiger partial charge on any atom is 0.312 e. The number of carbonyl (C=O) groups is 3. The smallest absolute Gasteiger partial charge is 0.312 e. The highest BCUT2D eigenvalue weighted by Gasteiger charge is 2.64. The highest BCUT2D eigenvalue weighted by atomic mass is 16.5. The van der Waals surface area contributed by atoms with Gasteiger partial charge in [-0.05, 0) is 57.8 Å². The van der Waals surface area contributed by atoms with Crippen LogP contribution in [0.1, 0.15) is 59.3 Å². The Bertz CT molecular complexity index is 527. The summed E-state index contributed by atoms with van der Waals surface area (Å²) >= 11 is 0. The maximum absolute atomic E-state index is 12.4. The van der Waals surface area contributed by atoms with E-state index in [0.29, 0.717) is 24.7 Å². The van der Waals surface area contributed by atoms with E-state index in [0.717, 1.165) is 19.3 Å². The van der Waals surface area contributed by atoms with Crippen molar-refractivity contribution in [2.45, 2.75) is 64.8 Å². The lowest BCUT2D eigenvalue weighted by atomic mass is 9.71. The van der Waals surface area contributed by atoms with Gasteiger partial charge in [-0.15, -0.1) is 0 Å². The quantitative estimate of drug-likeness (QED) is 0.590. The Kier molecular flexibility index (Phi) is 3.57. The van der Waals surface area contributed by atoms with Crippen LogP contribution in [-0.2, 0) is 19.1 Å². The van der Waals surface area contributed by atoms with Crippen molar-refractivity contribution in [1.82, 2.24) is 4.90 Å². The predicted molar refractivity (Wildman–Crippen MR) is 79.7 cm³/mol. The molecule has 5 heteroatoms. The molecule has 2 aliphatic carbocycles. The summed E-state index contributed by atoms with van der Waals surface area (Å²) in [6.07, 6.45) is 5.57. The van der Waals surface area contributed by atoms with Gasteiger partial charge in [0, 0.05) is 0 Å². The van der Waals surface area contributed by atoms with Gasteiger partial charge in [0.2, 0.25) is 5.91 Å². The first-order valence-corrected chi connectivity index (χ1v) is 8.33. The molecule has 0 radical (unpaired) electrons. The Balaban J connectivity index is 1.63. The van der Waals surface area contributed by atoms with Gasteiger partial charge in [0.1, 0.15) is 0 Å². The first-order chi connectivity index (χ1) is 10.3. The minimum absolute atomic E-state index is 0.108. The molecule has 1 aliphatic heterocycles. The lowest BCUT2D eigenvalue weighted by molar-refractivity contribution is -0.179. The lowest BCUT2D eigenvalue weighted by Crippen LogP contribution is -2.68. The number of β-lactam (4-membered cyclic amide) rings is 1. The maximum atomic E-state index is 12.4. The standard InChI is InChI=1S/C17H25NO4/c1-4-16(2,3)15(21)22-10-14(20)18-13(19)9-17(18)8-11-5-6-12(17)7-11/h11-12H,4-10H2,1-3H3. The van der Waals surface area contributed by atoms with Gasteiger partial charge in [-0.1, -0.05) is 6.92 Å². The minimum atomic E-state index is -0.594. The van der Waals surface area contributed by atoms with Gasteiger partial charge in [0.15, 0.2) is 6.61 Å². The molecule has 0 aromatic carbocycles. The molecule has 3 rings (SSSR count). The highest BCUT2D eigenvalue weighted by molar-refractivity contribution is 6.03. The van der Waals surface area contributed by atoms with Crippen molar-refractivity contribution in [3.05, 3.63) is 0 Å². The zero-order chi connectivity index (χ0) is 16.1. The van der Waals surface area contributed by atoms with Gasteiger partial charge in [0.25, 0.3) is 5.91 Å². The molecule has 1 saturated heterocycles. The fraction of sp³-hybridized carbons (Fsp3) is 0.824. The number of rotatable bonds is 4. The average Bonchev–Trinajstić information content (AvgIpc) is 3.05. The number of likely N-dealkylation sites (tertiary alicyclic amines) is 1. The van der Waals surface area contributed by atoms with E-state index in [9.17, 15) is 14.4 Å². The zero-order valence-corrected chi connectivity index (χ0v) is 13.7. The second-order valence-corrected chi connectivity index (χ2v) is 7.80. The highest BCUT2D eigenvalue weighted by Crippen LogP contribution is 2.58. The van der Waals surface area contributed by atoms with Crippen LogP contribution in [0.3, 0.4) is 0 Å². The van der Waals surface area contributed by atoms with E-state index in [4.69, 9.17) is 4.74 Å². The molecule has 2 saturated carbocycles. The van der Waals surface area contributed by atoms with E-state index in [-0.39, 0.29) is 29.9 Å². The number of hydrogen-bond acceptors (Lipinski definition) is 4. The average molecular weight is 307 g/mol. The van der Waals surface area contributed by atoms with E-state index >= 15 is 0 Å². The third-order valence-electron chi connectivity index (χ3n) is 6.11. The summed E-state index contributed by atoms with van der Waals surface area (Å²) in [6, 6.07) is 0. The van der Waals surface area contributed by atoms with Crippen molar-refractivity contribution >= 4 is 17.8 Å².